The molecule has 3 aliphatic carbocycles. The van der Waals surface area contributed by atoms with E-state index in [1.54, 1.807) is 24.3 Å². The Morgan fingerprint density at radius 2 is 1.80 bits per heavy atom. The summed E-state index contributed by atoms with van der Waals surface area (Å²) in [6.07, 6.45) is 1.62. The van der Waals surface area contributed by atoms with E-state index in [0.29, 0.717) is 23.6 Å². The van der Waals surface area contributed by atoms with Crippen molar-refractivity contribution in [1.29, 1.82) is 0 Å². The largest absolute Gasteiger partial charge is 0.465 e. The van der Waals surface area contributed by atoms with Crippen LogP contribution in [0.2, 0.25) is 5.02 Å². The molecule has 0 radical (unpaired) electrons. The third-order valence-electron chi connectivity index (χ3n) is 4.39. The van der Waals surface area contributed by atoms with Crippen molar-refractivity contribution in [3.63, 3.8) is 0 Å². The van der Waals surface area contributed by atoms with Gasteiger partial charge in [-0.15, -0.1) is 0 Å². The Hall–Kier alpha value is -1.75. The molecule has 1 aromatic rings. The van der Waals surface area contributed by atoms with Crippen LogP contribution >= 0.6 is 11.6 Å². The van der Waals surface area contributed by atoms with E-state index in [9.17, 15) is 9.59 Å². The Bertz CT molecular complexity index is 564. The van der Waals surface area contributed by atoms with E-state index in [1.807, 2.05) is 0 Å². The molecule has 0 heterocycles. The van der Waals surface area contributed by atoms with Crippen molar-refractivity contribution >= 4 is 29.3 Å². The van der Waals surface area contributed by atoms with Gasteiger partial charge in [-0.05, 0) is 49.9 Å². The van der Waals surface area contributed by atoms with Gasteiger partial charge < -0.3 is 15.7 Å². The molecule has 0 aromatic heterocycles. The molecule has 6 heteroatoms. The predicted octanol–water partition coefficient (Wildman–Crippen LogP) is 2.86. The third-order valence-corrected chi connectivity index (χ3v) is 4.64. The number of carbonyl (C=O) groups excluding carboxylic acids is 1. The van der Waals surface area contributed by atoms with Crippen molar-refractivity contribution < 1.29 is 14.7 Å². The fourth-order valence-electron chi connectivity index (χ4n) is 3.52. The van der Waals surface area contributed by atoms with Crippen molar-refractivity contribution in [2.24, 2.45) is 5.41 Å². The molecule has 106 valence electrons. The van der Waals surface area contributed by atoms with E-state index < -0.39 is 11.5 Å². The maximum absolute atomic E-state index is 12.4. The lowest BCUT2D eigenvalue weighted by molar-refractivity contribution is -0.130. The topological polar surface area (TPSA) is 78.4 Å². The molecule has 2 amide bonds. The Morgan fingerprint density at radius 3 is 2.40 bits per heavy atom. The van der Waals surface area contributed by atoms with Crippen molar-refractivity contribution in [2.75, 3.05) is 5.32 Å². The molecule has 5 nitrogen and oxygen atoms in total. The van der Waals surface area contributed by atoms with Gasteiger partial charge in [-0.3, -0.25) is 4.79 Å². The highest BCUT2D eigenvalue weighted by Gasteiger charge is 2.65. The Labute approximate surface area is 121 Å². The first kappa shape index (κ1) is 13.2. The molecule has 1 aromatic carbocycles. The van der Waals surface area contributed by atoms with Gasteiger partial charge >= 0.3 is 6.09 Å². The van der Waals surface area contributed by atoms with Crippen LogP contribution in [-0.4, -0.2) is 22.6 Å². The number of hydrogen-bond acceptors (Lipinski definition) is 2. The summed E-state index contributed by atoms with van der Waals surface area (Å²) in [5, 5.41) is 14.9. The van der Waals surface area contributed by atoms with Gasteiger partial charge in [0, 0.05) is 16.2 Å². The highest BCUT2D eigenvalue weighted by molar-refractivity contribution is 6.30. The fraction of sp³-hybridized carbons (Fsp3) is 0.429. The maximum atomic E-state index is 12.4. The lowest BCUT2D eigenvalue weighted by atomic mass is 9.64. The van der Waals surface area contributed by atoms with Crippen LogP contribution in [0.5, 0.6) is 0 Å². The second-order valence-corrected chi connectivity index (χ2v) is 6.24. The molecule has 3 fully saturated rings. The van der Waals surface area contributed by atoms with E-state index >= 15 is 0 Å². The summed E-state index contributed by atoms with van der Waals surface area (Å²) in [7, 11) is 0. The molecular formula is C14H15ClN2O3. The number of amides is 2. The van der Waals surface area contributed by atoms with Crippen LogP contribution in [0.3, 0.4) is 0 Å². The van der Waals surface area contributed by atoms with Crippen molar-refractivity contribution in [3.05, 3.63) is 29.3 Å². The first-order valence-electron chi connectivity index (χ1n) is 6.51. The molecule has 4 rings (SSSR count). The zero-order valence-electron chi connectivity index (χ0n) is 10.8. The minimum absolute atomic E-state index is 0.0277. The van der Waals surface area contributed by atoms with Gasteiger partial charge in [-0.2, -0.15) is 0 Å². The second-order valence-electron chi connectivity index (χ2n) is 5.81. The Morgan fingerprint density at radius 1 is 1.15 bits per heavy atom. The Balaban J connectivity index is 1.65. The molecule has 3 N–H and O–H groups in total. The minimum Gasteiger partial charge on any atom is -0.465 e. The number of hydrogen-bond donors (Lipinski definition) is 3. The zero-order valence-corrected chi connectivity index (χ0v) is 11.5. The summed E-state index contributed by atoms with van der Waals surface area (Å²) in [4.78, 5) is 23.1. The van der Waals surface area contributed by atoms with E-state index in [0.717, 1.165) is 12.8 Å². The van der Waals surface area contributed by atoms with Gasteiger partial charge in [0.25, 0.3) is 0 Å². The molecule has 2 bridgehead atoms. The van der Waals surface area contributed by atoms with Gasteiger partial charge in [0.15, 0.2) is 0 Å². The summed E-state index contributed by atoms with van der Waals surface area (Å²) in [5.74, 6) is -0.0277. The van der Waals surface area contributed by atoms with Crippen LogP contribution in [0, 0.1) is 5.41 Å². The highest BCUT2D eigenvalue weighted by atomic mass is 35.5. The number of fused-ring (bicyclic) bond motifs is 1. The molecule has 3 aliphatic rings. The highest BCUT2D eigenvalue weighted by Crippen LogP contribution is 2.61. The van der Waals surface area contributed by atoms with Gasteiger partial charge in [0.05, 0.1) is 5.41 Å². The van der Waals surface area contributed by atoms with Crippen LogP contribution in [0.4, 0.5) is 10.5 Å². The van der Waals surface area contributed by atoms with Gasteiger partial charge in [0.1, 0.15) is 0 Å². The molecule has 20 heavy (non-hydrogen) atoms. The molecule has 3 saturated carbocycles. The number of rotatable bonds is 3. The number of halogens is 1. The normalized spacial score (nSPS) is 30.4. The minimum atomic E-state index is -1.02. The second kappa shape index (κ2) is 4.38. The number of carboxylic acid groups (broad SMARTS) is 1. The Kier molecular flexibility index (Phi) is 2.90. The van der Waals surface area contributed by atoms with Crippen LogP contribution in [0.1, 0.15) is 25.7 Å². The molecule has 0 unspecified atom stereocenters. The van der Waals surface area contributed by atoms with E-state index in [1.165, 1.54) is 0 Å². The quantitative estimate of drug-likeness (QED) is 0.802. The van der Waals surface area contributed by atoms with Crippen LogP contribution in [0.25, 0.3) is 0 Å². The molecule has 0 aliphatic heterocycles. The summed E-state index contributed by atoms with van der Waals surface area (Å²) in [5.41, 5.74) is -0.0880. The monoisotopic (exact) mass is 294 g/mol. The lowest BCUT2D eigenvalue weighted by Gasteiger charge is -2.45. The van der Waals surface area contributed by atoms with E-state index in [2.05, 4.69) is 10.6 Å². The molecule has 0 atom stereocenters. The molecule has 0 saturated heterocycles. The number of benzene rings is 1. The first-order chi connectivity index (χ1) is 9.43. The third kappa shape index (κ3) is 2.12. The number of carbonyl (C=O) groups is 2. The zero-order chi connectivity index (χ0) is 14.4. The summed E-state index contributed by atoms with van der Waals surface area (Å²) in [6, 6.07) is 6.96. The lowest BCUT2D eigenvalue weighted by Crippen LogP contribution is -2.58. The smallest absolute Gasteiger partial charge is 0.405 e. The van der Waals surface area contributed by atoms with E-state index in [-0.39, 0.29) is 11.4 Å². The number of anilines is 1. The van der Waals surface area contributed by atoms with Crippen molar-refractivity contribution in [1.82, 2.24) is 5.32 Å². The summed E-state index contributed by atoms with van der Waals surface area (Å²) >= 11 is 5.80. The average molecular weight is 295 g/mol. The summed E-state index contributed by atoms with van der Waals surface area (Å²) in [6.45, 7) is 0. The van der Waals surface area contributed by atoms with Crippen LogP contribution in [-0.2, 0) is 4.79 Å². The standard InChI is InChI=1S/C14H15ClN2O3/c15-9-1-3-10(4-2-9)16-11(18)13-5-6-14(7-13,8-13)17-12(19)20/h1-4,17H,5-8H2,(H,16,18)(H,19,20). The fourth-order valence-corrected chi connectivity index (χ4v) is 3.65. The maximum Gasteiger partial charge on any atom is 0.405 e. The SMILES string of the molecule is O=C(O)NC12CCC(C(=O)Nc3ccc(Cl)cc3)(C1)C2. The average Bonchev–Trinajstić information content (AvgIpc) is 2.87. The first-order valence-corrected chi connectivity index (χ1v) is 6.89. The predicted molar refractivity (Wildman–Crippen MR) is 74.9 cm³/mol. The number of nitrogens with one attached hydrogen (secondary N) is 2. The van der Waals surface area contributed by atoms with Gasteiger partial charge in [0.2, 0.25) is 5.91 Å². The van der Waals surface area contributed by atoms with Gasteiger partial charge in [-0.25, -0.2) is 4.79 Å². The van der Waals surface area contributed by atoms with Gasteiger partial charge in [-0.1, -0.05) is 11.6 Å². The molecular weight excluding hydrogens is 280 g/mol. The summed E-state index contributed by atoms with van der Waals surface area (Å²) < 4.78 is 0. The van der Waals surface area contributed by atoms with Crippen molar-refractivity contribution in [3.8, 4) is 0 Å². The van der Waals surface area contributed by atoms with Crippen LogP contribution < -0.4 is 10.6 Å². The van der Waals surface area contributed by atoms with Crippen molar-refractivity contribution in [2.45, 2.75) is 31.2 Å². The molecule has 0 spiro atoms. The van der Waals surface area contributed by atoms with Crippen LogP contribution in [0.15, 0.2) is 24.3 Å². The van der Waals surface area contributed by atoms with E-state index in [4.69, 9.17) is 16.7 Å².